The van der Waals surface area contributed by atoms with E-state index in [-0.39, 0.29) is 29.5 Å². The van der Waals surface area contributed by atoms with Gasteiger partial charge in [0.2, 0.25) is 0 Å². The van der Waals surface area contributed by atoms with Crippen LogP contribution in [0.2, 0.25) is 0 Å². The van der Waals surface area contributed by atoms with Crippen LogP contribution < -0.4 is 0 Å². The Labute approximate surface area is 110 Å². The topological polar surface area (TPSA) is 57.5 Å². The largest absolute Gasteiger partial charge is 0.390 e. The van der Waals surface area contributed by atoms with Crippen molar-refractivity contribution in [3.8, 4) is 0 Å². The van der Waals surface area contributed by atoms with E-state index in [1.807, 2.05) is 13.8 Å². The minimum Gasteiger partial charge on any atom is -0.390 e. The van der Waals surface area contributed by atoms with E-state index in [0.29, 0.717) is 6.42 Å². The van der Waals surface area contributed by atoms with Crippen molar-refractivity contribution < 1.29 is 15.0 Å². The maximum Gasteiger partial charge on any atom is 0.136 e. The molecule has 2 N–H and O–H groups in total. The van der Waals surface area contributed by atoms with Crippen molar-refractivity contribution in [1.82, 2.24) is 0 Å². The molecule has 3 nitrogen and oxygen atoms in total. The number of hydrogen-bond donors (Lipinski definition) is 2. The highest BCUT2D eigenvalue weighted by Gasteiger charge is 2.54. The Morgan fingerprint density at radius 3 is 2.44 bits per heavy atom. The zero-order chi connectivity index (χ0) is 13.8. The number of rotatable bonds is 1. The molecule has 104 valence electrons. The third-order valence-corrected chi connectivity index (χ3v) is 5.33. The highest BCUT2D eigenvalue weighted by atomic mass is 16.3. The molecule has 0 aromatic rings. The van der Waals surface area contributed by atoms with Crippen molar-refractivity contribution in [2.75, 3.05) is 0 Å². The van der Waals surface area contributed by atoms with Gasteiger partial charge in [-0.05, 0) is 57.3 Å². The second kappa shape index (κ2) is 4.04. The number of aliphatic hydroxyl groups is 2. The van der Waals surface area contributed by atoms with Crippen molar-refractivity contribution in [3.05, 3.63) is 0 Å². The molecule has 2 rings (SSSR count). The van der Waals surface area contributed by atoms with Gasteiger partial charge >= 0.3 is 0 Å². The summed E-state index contributed by atoms with van der Waals surface area (Å²) in [6, 6.07) is 0. The average molecular weight is 254 g/mol. The Kier molecular flexibility index (Phi) is 3.14. The number of carbonyl (C=O) groups excluding carboxylic acids is 1. The third kappa shape index (κ3) is 2.35. The first-order chi connectivity index (χ1) is 8.05. The summed E-state index contributed by atoms with van der Waals surface area (Å²) in [6.07, 6.45) is 3.55. The summed E-state index contributed by atoms with van der Waals surface area (Å²) in [5.74, 6) is 0.517. The molecule has 2 fully saturated rings. The first-order valence-electron chi connectivity index (χ1n) is 7.01. The van der Waals surface area contributed by atoms with Crippen molar-refractivity contribution in [2.45, 2.75) is 71.0 Å². The Balaban J connectivity index is 2.26. The normalized spacial score (nSPS) is 45.8. The van der Waals surface area contributed by atoms with Crippen LogP contribution in [-0.4, -0.2) is 27.2 Å². The summed E-state index contributed by atoms with van der Waals surface area (Å²) in [5.41, 5.74) is -1.69. The number of ketones is 1. The molecule has 0 radical (unpaired) electrons. The Bertz CT molecular complexity index is 353. The number of Topliss-reactive ketones (excluding diaryl/α,β-unsaturated/α-hetero) is 1. The quantitative estimate of drug-likeness (QED) is 0.755. The molecule has 0 aromatic heterocycles. The van der Waals surface area contributed by atoms with Gasteiger partial charge in [-0.25, -0.2) is 0 Å². The van der Waals surface area contributed by atoms with Crippen LogP contribution in [0.1, 0.15) is 59.8 Å². The van der Waals surface area contributed by atoms with Crippen LogP contribution in [0.25, 0.3) is 0 Å². The second-order valence-electron chi connectivity index (χ2n) is 7.58. The highest BCUT2D eigenvalue weighted by Crippen LogP contribution is 2.55. The molecule has 0 heterocycles. The van der Waals surface area contributed by atoms with Gasteiger partial charge in [-0.15, -0.1) is 0 Å². The lowest BCUT2D eigenvalue weighted by atomic mass is 9.52. The zero-order valence-corrected chi connectivity index (χ0v) is 12.0. The fraction of sp³-hybridized carbons (Fsp3) is 0.933. The molecule has 18 heavy (non-hydrogen) atoms. The summed E-state index contributed by atoms with van der Waals surface area (Å²) < 4.78 is 0. The molecule has 2 aliphatic carbocycles. The van der Waals surface area contributed by atoms with Crippen LogP contribution in [0.4, 0.5) is 0 Å². The average Bonchev–Trinajstić information content (AvgIpc) is 2.12. The second-order valence-corrected chi connectivity index (χ2v) is 7.58. The summed E-state index contributed by atoms with van der Waals surface area (Å²) in [4.78, 5) is 11.8. The van der Waals surface area contributed by atoms with Gasteiger partial charge in [0.1, 0.15) is 5.78 Å². The molecule has 0 aliphatic heterocycles. The van der Waals surface area contributed by atoms with E-state index < -0.39 is 11.2 Å². The van der Waals surface area contributed by atoms with E-state index in [2.05, 4.69) is 6.92 Å². The Morgan fingerprint density at radius 1 is 1.28 bits per heavy atom. The monoisotopic (exact) mass is 254 g/mol. The van der Waals surface area contributed by atoms with Crippen LogP contribution in [-0.2, 0) is 4.79 Å². The van der Waals surface area contributed by atoms with Crippen LogP contribution in [0, 0.1) is 17.3 Å². The molecule has 4 atom stereocenters. The predicted octanol–water partition coefficient (Wildman–Crippen LogP) is 2.29. The molecular weight excluding hydrogens is 228 g/mol. The fourth-order valence-electron chi connectivity index (χ4n) is 4.26. The summed E-state index contributed by atoms with van der Waals surface area (Å²) >= 11 is 0. The number of fused-ring (bicyclic) bond motifs is 1. The van der Waals surface area contributed by atoms with Gasteiger partial charge in [0.05, 0.1) is 11.2 Å². The van der Waals surface area contributed by atoms with Crippen LogP contribution in [0.3, 0.4) is 0 Å². The molecule has 2 saturated carbocycles. The minimum absolute atomic E-state index is 0.0828. The molecule has 0 aromatic carbocycles. The van der Waals surface area contributed by atoms with Crippen LogP contribution in [0.15, 0.2) is 0 Å². The van der Waals surface area contributed by atoms with E-state index in [1.54, 1.807) is 6.92 Å². The Morgan fingerprint density at radius 2 is 1.89 bits per heavy atom. The van der Waals surface area contributed by atoms with Gasteiger partial charge in [-0.3, -0.25) is 4.79 Å². The molecule has 0 saturated heterocycles. The van der Waals surface area contributed by atoms with E-state index in [0.717, 1.165) is 19.3 Å². The molecule has 2 aliphatic rings. The van der Waals surface area contributed by atoms with Crippen LogP contribution >= 0.6 is 0 Å². The molecule has 0 spiro atoms. The summed E-state index contributed by atoms with van der Waals surface area (Å²) in [6.45, 7) is 7.62. The maximum absolute atomic E-state index is 11.8. The predicted molar refractivity (Wildman–Crippen MR) is 70.1 cm³/mol. The van der Waals surface area contributed by atoms with Crippen molar-refractivity contribution in [2.24, 2.45) is 17.3 Å². The van der Waals surface area contributed by atoms with Gasteiger partial charge in [-0.2, -0.15) is 0 Å². The van der Waals surface area contributed by atoms with Gasteiger partial charge in [0.15, 0.2) is 0 Å². The summed E-state index contributed by atoms with van der Waals surface area (Å²) in [7, 11) is 0. The van der Waals surface area contributed by atoms with E-state index in [9.17, 15) is 15.0 Å². The van der Waals surface area contributed by atoms with Gasteiger partial charge in [0, 0.05) is 12.8 Å². The third-order valence-electron chi connectivity index (χ3n) is 5.33. The molecule has 3 heteroatoms. The number of carbonyl (C=O) groups is 1. The zero-order valence-electron chi connectivity index (χ0n) is 12.0. The first-order valence-corrected chi connectivity index (χ1v) is 7.01. The number of hydrogen-bond acceptors (Lipinski definition) is 3. The van der Waals surface area contributed by atoms with Crippen molar-refractivity contribution in [1.29, 1.82) is 0 Å². The lowest BCUT2D eigenvalue weighted by molar-refractivity contribution is -0.160. The van der Waals surface area contributed by atoms with E-state index in [1.165, 1.54) is 0 Å². The maximum atomic E-state index is 11.8. The smallest absolute Gasteiger partial charge is 0.136 e. The van der Waals surface area contributed by atoms with Crippen molar-refractivity contribution in [3.63, 3.8) is 0 Å². The van der Waals surface area contributed by atoms with Gasteiger partial charge in [0.25, 0.3) is 0 Å². The highest BCUT2D eigenvalue weighted by molar-refractivity contribution is 5.81. The van der Waals surface area contributed by atoms with E-state index in [4.69, 9.17) is 0 Å². The van der Waals surface area contributed by atoms with Crippen molar-refractivity contribution >= 4 is 5.78 Å². The molecule has 0 amide bonds. The standard InChI is InChI=1S/C15H26O3/c1-13(2,17)10-5-6-14(3)8-11(16)9-15(4,18)12(14)7-10/h10,12,17-18H,5-9H2,1-4H3. The SMILES string of the molecule is CC(C)(O)C1CCC2(C)CC(=O)CC(C)(O)C2C1. The van der Waals surface area contributed by atoms with Crippen LogP contribution in [0.5, 0.6) is 0 Å². The molecular formula is C15H26O3. The lowest BCUT2D eigenvalue weighted by Crippen LogP contribution is -2.55. The first kappa shape index (κ1) is 14.0. The van der Waals surface area contributed by atoms with E-state index >= 15 is 0 Å². The lowest BCUT2D eigenvalue weighted by Gasteiger charge is -2.54. The van der Waals surface area contributed by atoms with Gasteiger partial charge < -0.3 is 10.2 Å². The Hall–Kier alpha value is -0.410. The fourth-order valence-corrected chi connectivity index (χ4v) is 4.26. The minimum atomic E-state index is -0.909. The molecule has 4 unspecified atom stereocenters. The van der Waals surface area contributed by atoms with Gasteiger partial charge in [-0.1, -0.05) is 6.92 Å². The summed E-state index contributed by atoms with van der Waals surface area (Å²) in [5, 5.41) is 20.8. The molecule has 0 bridgehead atoms.